The number of carbonyl (C=O) groups excluding carboxylic acids is 1. The van der Waals surface area contributed by atoms with E-state index >= 15 is 0 Å². The van der Waals surface area contributed by atoms with Crippen molar-refractivity contribution < 1.29 is 4.79 Å². The molecule has 174 valence electrons. The maximum Gasteiger partial charge on any atom is 0.262 e. The number of likely N-dealkylation sites (tertiary alicyclic amines) is 1. The van der Waals surface area contributed by atoms with Crippen LogP contribution in [0.15, 0.2) is 58.5 Å². The third kappa shape index (κ3) is 5.96. The first kappa shape index (κ1) is 23.8. The van der Waals surface area contributed by atoms with Crippen LogP contribution < -0.4 is 10.9 Å². The smallest absolute Gasteiger partial charge is 0.262 e. The molecule has 2 heterocycles. The van der Waals surface area contributed by atoms with E-state index < -0.39 is 0 Å². The van der Waals surface area contributed by atoms with E-state index in [2.05, 4.69) is 39.5 Å². The van der Waals surface area contributed by atoms with Crippen molar-refractivity contribution in [3.8, 4) is 0 Å². The highest BCUT2D eigenvalue weighted by Crippen LogP contribution is 2.23. The number of fused-ring (bicyclic) bond motifs is 1. The Bertz CT molecular complexity index is 1170. The summed E-state index contributed by atoms with van der Waals surface area (Å²) in [4.78, 5) is 32.7. The van der Waals surface area contributed by atoms with Crippen molar-refractivity contribution in [1.29, 1.82) is 0 Å². The number of nitrogens with zero attached hydrogens (tertiary/aromatic N) is 3. The lowest BCUT2D eigenvalue weighted by molar-refractivity contribution is -0.119. The molecule has 0 spiro atoms. The zero-order valence-electron chi connectivity index (χ0n) is 19.0. The number of nitrogens with one attached hydrogen (secondary N) is 1. The van der Waals surface area contributed by atoms with Crippen LogP contribution in [0.2, 0.25) is 5.02 Å². The molecule has 0 aliphatic carbocycles. The Morgan fingerprint density at radius 2 is 1.91 bits per heavy atom. The molecule has 1 fully saturated rings. The zero-order valence-corrected chi connectivity index (χ0v) is 20.5. The highest BCUT2D eigenvalue weighted by atomic mass is 35.5. The molecule has 1 aliphatic rings. The van der Waals surface area contributed by atoms with Crippen LogP contribution in [-0.4, -0.2) is 45.2 Å². The van der Waals surface area contributed by atoms with Gasteiger partial charge >= 0.3 is 0 Å². The molecule has 4 rings (SSSR count). The molecule has 1 aliphatic heterocycles. The van der Waals surface area contributed by atoms with Crippen LogP contribution in [-0.2, 0) is 11.3 Å². The molecule has 3 aromatic rings. The van der Waals surface area contributed by atoms with Gasteiger partial charge in [-0.3, -0.25) is 19.1 Å². The zero-order chi connectivity index (χ0) is 23.4. The first-order valence-electron chi connectivity index (χ1n) is 11.3. The molecule has 1 N–H and O–H groups in total. The maximum atomic E-state index is 13.0. The van der Waals surface area contributed by atoms with Gasteiger partial charge in [0.2, 0.25) is 5.91 Å². The summed E-state index contributed by atoms with van der Waals surface area (Å²) in [7, 11) is 0. The van der Waals surface area contributed by atoms with Crippen molar-refractivity contribution >= 4 is 40.2 Å². The second kappa shape index (κ2) is 10.7. The third-order valence-electron chi connectivity index (χ3n) is 5.88. The van der Waals surface area contributed by atoms with E-state index in [9.17, 15) is 9.59 Å². The lowest BCUT2D eigenvalue weighted by Gasteiger charge is -2.32. The Hall–Kier alpha value is -2.35. The van der Waals surface area contributed by atoms with Gasteiger partial charge < -0.3 is 5.32 Å². The van der Waals surface area contributed by atoms with Crippen molar-refractivity contribution in [2.45, 2.75) is 50.5 Å². The molecule has 1 saturated heterocycles. The molecule has 8 heteroatoms. The number of halogens is 1. The van der Waals surface area contributed by atoms with Crippen molar-refractivity contribution in [2.75, 3.05) is 18.8 Å². The Kier molecular flexibility index (Phi) is 7.73. The Labute approximate surface area is 203 Å². The highest BCUT2D eigenvalue weighted by molar-refractivity contribution is 7.99. The Balaban J connectivity index is 1.34. The molecule has 0 radical (unpaired) electrons. The molecule has 0 saturated carbocycles. The van der Waals surface area contributed by atoms with E-state index in [4.69, 9.17) is 11.6 Å². The van der Waals surface area contributed by atoms with Gasteiger partial charge in [0.15, 0.2) is 5.16 Å². The Morgan fingerprint density at radius 3 is 2.61 bits per heavy atom. The fraction of sp³-hybridized carbons (Fsp3) is 0.400. The number of rotatable bonds is 7. The van der Waals surface area contributed by atoms with Gasteiger partial charge in [0, 0.05) is 36.7 Å². The molecule has 0 bridgehead atoms. The number of hydrogen-bond donors (Lipinski definition) is 1. The lowest BCUT2D eigenvalue weighted by Crippen LogP contribution is -2.44. The number of carbonyl (C=O) groups is 1. The second-order valence-corrected chi connectivity index (χ2v) is 10.1. The summed E-state index contributed by atoms with van der Waals surface area (Å²) in [5.74, 6) is 0.187. The largest absolute Gasteiger partial charge is 0.353 e. The maximum absolute atomic E-state index is 13.0. The average Bonchev–Trinajstić information content (AvgIpc) is 2.79. The molecule has 0 unspecified atom stereocenters. The van der Waals surface area contributed by atoms with Gasteiger partial charge in [-0.25, -0.2) is 4.98 Å². The summed E-state index contributed by atoms with van der Waals surface area (Å²) in [5, 5.41) is 4.76. The highest BCUT2D eigenvalue weighted by Gasteiger charge is 2.21. The monoisotopic (exact) mass is 484 g/mol. The number of benzene rings is 2. The summed E-state index contributed by atoms with van der Waals surface area (Å²) >= 11 is 7.39. The summed E-state index contributed by atoms with van der Waals surface area (Å²) < 4.78 is 1.65. The predicted octanol–water partition coefficient (Wildman–Crippen LogP) is 4.50. The van der Waals surface area contributed by atoms with Crippen LogP contribution in [0.1, 0.15) is 38.3 Å². The van der Waals surface area contributed by atoms with Crippen molar-refractivity contribution in [3.63, 3.8) is 0 Å². The van der Waals surface area contributed by atoms with Gasteiger partial charge in [0.05, 0.1) is 16.7 Å². The standard InChI is InChI=1S/C25H29ClN4O2S/c1-17(2)30-24(32)21-9-8-19(26)14-22(21)28-25(30)33-16-23(31)27-20-10-12-29(13-11-20)15-18-6-4-3-5-7-18/h3-9,14,17,20H,10-13,15-16H2,1-2H3,(H,27,31). The summed E-state index contributed by atoms with van der Waals surface area (Å²) in [6, 6.07) is 15.7. The number of aromatic nitrogens is 2. The van der Waals surface area contributed by atoms with E-state index in [1.165, 1.54) is 17.3 Å². The van der Waals surface area contributed by atoms with Crippen LogP contribution in [0.3, 0.4) is 0 Å². The summed E-state index contributed by atoms with van der Waals surface area (Å²) in [6.07, 6.45) is 1.87. The van der Waals surface area contributed by atoms with Crippen LogP contribution in [0.5, 0.6) is 0 Å². The van der Waals surface area contributed by atoms with Gasteiger partial charge in [0.25, 0.3) is 5.56 Å². The first-order chi connectivity index (χ1) is 15.9. The van der Waals surface area contributed by atoms with E-state index in [0.717, 1.165) is 32.5 Å². The topological polar surface area (TPSA) is 67.2 Å². The molecule has 0 atom stereocenters. The fourth-order valence-corrected chi connectivity index (χ4v) is 5.29. The van der Waals surface area contributed by atoms with Gasteiger partial charge in [-0.2, -0.15) is 0 Å². The number of thioether (sulfide) groups is 1. The van der Waals surface area contributed by atoms with E-state index in [1.807, 2.05) is 19.9 Å². The molecule has 6 nitrogen and oxygen atoms in total. The minimum Gasteiger partial charge on any atom is -0.353 e. The molecular weight excluding hydrogens is 456 g/mol. The minimum atomic E-state index is -0.111. The van der Waals surface area contributed by atoms with Crippen molar-refractivity contribution in [3.05, 3.63) is 69.5 Å². The number of piperidine rings is 1. The predicted molar refractivity (Wildman–Crippen MR) is 135 cm³/mol. The summed E-state index contributed by atoms with van der Waals surface area (Å²) in [5.41, 5.74) is 1.76. The van der Waals surface area contributed by atoms with Gasteiger partial charge in [0.1, 0.15) is 0 Å². The molecule has 2 aromatic carbocycles. The van der Waals surface area contributed by atoms with Crippen LogP contribution >= 0.6 is 23.4 Å². The van der Waals surface area contributed by atoms with Crippen molar-refractivity contribution in [2.24, 2.45) is 0 Å². The van der Waals surface area contributed by atoms with Gasteiger partial charge in [-0.15, -0.1) is 0 Å². The van der Waals surface area contributed by atoms with Crippen molar-refractivity contribution in [1.82, 2.24) is 19.8 Å². The quantitative estimate of drug-likeness (QED) is 0.395. The van der Waals surface area contributed by atoms with Gasteiger partial charge in [-0.1, -0.05) is 53.7 Å². The van der Waals surface area contributed by atoms with E-state index in [1.54, 1.807) is 22.8 Å². The molecule has 1 amide bonds. The number of amides is 1. The number of hydrogen-bond acceptors (Lipinski definition) is 5. The van der Waals surface area contributed by atoms with E-state index in [0.29, 0.717) is 21.1 Å². The van der Waals surface area contributed by atoms with Crippen LogP contribution in [0.25, 0.3) is 10.9 Å². The van der Waals surface area contributed by atoms with Crippen LogP contribution in [0, 0.1) is 0 Å². The van der Waals surface area contributed by atoms with E-state index in [-0.39, 0.29) is 29.3 Å². The van der Waals surface area contributed by atoms with Gasteiger partial charge in [-0.05, 0) is 50.5 Å². The van der Waals surface area contributed by atoms with Crippen LogP contribution in [0.4, 0.5) is 0 Å². The second-order valence-electron chi connectivity index (χ2n) is 8.72. The average molecular weight is 485 g/mol. The molecular formula is C25H29ClN4O2S. The normalized spacial score (nSPS) is 15.3. The lowest BCUT2D eigenvalue weighted by atomic mass is 10.0. The molecule has 33 heavy (non-hydrogen) atoms. The summed E-state index contributed by atoms with van der Waals surface area (Å²) in [6.45, 7) is 6.76. The molecule has 1 aromatic heterocycles. The fourth-order valence-electron chi connectivity index (χ4n) is 4.19. The Morgan fingerprint density at radius 1 is 1.18 bits per heavy atom. The SMILES string of the molecule is CC(C)n1c(SCC(=O)NC2CCN(Cc3ccccc3)CC2)nc2cc(Cl)ccc2c1=O. The third-order valence-corrected chi connectivity index (χ3v) is 7.07. The minimum absolute atomic E-state index is 0.0303. The first-order valence-corrected chi connectivity index (χ1v) is 12.7.